The van der Waals surface area contributed by atoms with Gasteiger partial charge in [0.15, 0.2) is 0 Å². The number of nitrogens with zero attached hydrogens (tertiary/aromatic N) is 5. The van der Waals surface area contributed by atoms with E-state index in [1.165, 1.54) is 20.4 Å². The first-order valence-corrected chi connectivity index (χ1v) is 17.2. The van der Waals surface area contributed by atoms with Crippen molar-refractivity contribution in [3.05, 3.63) is 41.1 Å². The smallest absolute Gasteiger partial charge is 0.376 e. The molecule has 1 heterocycles. The molecule has 46 heavy (non-hydrogen) atoms. The van der Waals surface area contributed by atoms with Gasteiger partial charge in [-0.15, -0.1) is 0 Å². The van der Waals surface area contributed by atoms with Gasteiger partial charge in [-0.3, -0.25) is 14.0 Å². The van der Waals surface area contributed by atoms with Crippen LogP contribution in [0, 0.1) is 12.8 Å². The number of sulfonamides is 1. The number of ether oxygens (including phenoxy) is 1. The quantitative estimate of drug-likeness (QED) is 0.208. The molecule has 1 aromatic heterocycles. The second-order valence-electron chi connectivity index (χ2n) is 11.5. The molecular weight excluding hydrogens is 623 g/mol. The maximum Gasteiger partial charge on any atom is 0.421 e. The fourth-order valence-electron chi connectivity index (χ4n) is 4.74. The Kier molecular flexibility index (Phi) is 14.9. The van der Waals surface area contributed by atoms with E-state index in [0.717, 1.165) is 35.6 Å². The lowest BCUT2D eigenvalue weighted by molar-refractivity contribution is -0.137. The highest BCUT2D eigenvalue weighted by Crippen LogP contribution is 2.35. The number of methoxy groups -OCH3 is 1. The number of hydrogen-bond donors (Lipinski definition) is 2. The van der Waals surface area contributed by atoms with Crippen LogP contribution in [-0.2, 0) is 32.3 Å². The van der Waals surface area contributed by atoms with Crippen LogP contribution in [0.25, 0.3) is 0 Å². The maximum absolute atomic E-state index is 13.9. The first-order valence-electron chi connectivity index (χ1n) is 15.3. The van der Waals surface area contributed by atoms with E-state index in [0.29, 0.717) is 42.9 Å². The second-order valence-corrected chi connectivity index (χ2v) is 13.5. The molecule has 0 saturated heterocycles. The van der Waals surface area contributed by atoms with Gasteiger partial charge in [0.05, 0.1) is 18.0 Å². The molecule has 0 aliphatic rings. The highest BCUT2D eigenvalue weighted by atomic mass is 32.2. The molecule has 2 N–H and O–H groups in total. The molecule has 0 bridgehead atoms. The highest BCUT2D eigenvalue weighted by Gasteiger charge is 2.35. The summed E-state index contributed by atoms with van der Waals surface area (Å²) in [4.78, 5) is 27.2. The summed E-state index contributed by atoms with van der Waals surface area (Å²) in [6.07, 6.45) is -0.428. The summed E-state index contributed by atoms with van der Waals surface area (Å²) in [5.41, 5.74) is 0.453. The Morgan fingerprint density at radius 1 is 1.20 bits per heavy atom. The van der Waals surface area contributed by atoms with Gasteiger partial charge in [0.25, 0.3) is 5.95 Å². The van der Waals surface area contributed by atoms with Crippen molar-refractivity contribution in [3.8, 4) is 0 Å². The van der Waals surface area contributed by atoms with Crippen molar-refractivity contribution >= 4 is 39.6 Å². The van der Waals surface area contributed by atoms with Crippen LogP contribution in [0.5, 0.6) is 0 Å². The molecule has 0 fully saturated rings. The first kappa shape index (κ1) is 38.9. The Hall–Kier alpha value is -3.30. The number of halogens is 3. The van der Waals surface area contributed by atoms with Gasteiger partial charge in [-0.2, -0.15) is 18.2 Å². The molecule has 2 atom stereocenters. The molecule has 2 rings (SSSR count). The molecule has 1 amide bonds. The minimum absolute atomic E-state index is 0.104. The molecule has 0 spiro atoms. The van der Waals surface area contributed by atoms with Crippen molar-refractivity contribution in [3.63, 3.8) is 0 Å². The summed E-state index contributed by atoms with van der Waals surface area (Å²) >= 11 is 0. The average molecular weight is 672 g/mol. The number of aromatic nitrogens is 2. The zero-order valence-corrected chi connectivity index (χ0v) is 28.8. The molecule has 1 aromatic carbocycles. The van der Waals surface area contributed by atoms with E-state index in [1.54, 1.807) is 25.1 Å². The Morgan fingerprint density at radius 2 is 1.89 bits per heavy atom. The van der Waals surface area contributed by atoms with Gasteiger partial charge in [0, 0.05) is 58.2 Å². The van der Waals surface area contributed by atoms with Crippen molar-refractivity contribution < 1.29 is 31.1 Å². The summed E-state index contributed by atoms with van der Waals surface area (Å²) in [7, 11) is -0.790. The predicted molar refractivity (Wildman–Crippen MR) is 176 cm³/mol. The molecular formula is C31H48F3N7O4S. The average Bonchev–Trinajstić information content (AvgIpc) is 2.98. The SMILES string of the molecule is CCCN(CCNC(=O)C(CC)CC(C=Nc1ncc(C(F)(F)F)c(NCc2ccc(C)cc2N(C)S(C)(=O)=O)n1)OC)C(C)C. The highest BCUT2D eigenvalue weighted by molar-refractivity contribution is 7.92. The largest absolute Gasteiger partial charge is 0.421 e. The van der Waals surface area contributed by atoms with Crippen molar-refractivity contribution in [2.45, 2.75) is 78.7 Å². The number of aliphatic imine (C=N–C) groups is 1. The van der Waals surface area contributed by atoms with E-state index in [9.17, 15) is 26.4 Å². The minimum Gasteiger partial charge on any atom is -0.376 e. The monoisotopic (exact) mass is 671 g/mol. The standard InChI is InChI=1S/C31H48F3N7O4S/c1-9-14-41(21(3)4)15-13-35-29(42)23(10-2)17-25(45-7)19-37-30-38-20-26(31(32,33)34)28(39-30)36-18-24-12-11-22(5)16-27(24)40(6)46(8,43)44/h11-12,16,19-21,23,25H,9-10,13-15,17-18H2,1-8H3,(H,35,42)(H,36,38,39). The summed E-state index contributed by atoms with van der Waals surface area (Å²) in [6, 6.07) is 5.39. The van der Waals surface area contributed by atoms with Crippen LogP contribution in [0.1, 0.15) is 63.6 Å². The van der Waals surface area contributed by atoms with Crippen LogP contribution in [0.4, 0.5) is 30.6 Å². The van der Waals surface area contributed by atoms with E-state index < -0.39 is 33.7 Å². The molecule has 0 saturated carbocycles. The van der Waals surface area contributed by atoms with Gasteiger partial charge in [-0.1, -0.05) is 26.0 Å². The third-order valence-electron chi connectivity index (χ3n) is 7.58. The van der Waals surface area contributed by atoms with E-state index in [-0.39, 0.29) is 24.3 Å². The van der Waals surface area contributed by atoms with Crippen LogP contribution >= 0.6 is 0 Å². The molecule has 0 aliphatic heterocycles. The van der Waals surface area contributed by atoms with Gasteiger partial charge in [0.2, 0.25) is 15.9 Å². The van der Waals surface area contributed by atoms with E-state index in [1.807, 2.05) is 6.92 Å². The number of rotatable bonds is 18. The number of carbonyl (C=O) groups is 1. The van der Waals surface area contributed by atoms with Crippen molar-refractivity contribution in [2.24, 2.45) is 10.9 Å². The number of benzene rings is 1. The van der Waals surface area contributed by atoms with Crippen LogP contribution in [0.2, 0.25) is 0 Å². The molecule has 0 radical (unpaired) electrons. The van der Waals surface area contributed by atoms with E-state index in [4.69, 9.17) is 4.74 Å². The molecule has 11 nitrogen and oxygen atoms in total. The van der Waals surface area contributed by atoms with Crippen molar-refractivity contribution in [1.82, 2.24) is 20.2 Å². The predicted octanol–water partition coefficient (Wildman–Crippen LogP) is 5.18. The van der Waals surface area contributed by atoms with Crippen LogP contribution in [0.15, 0.2) is 29.4 Å². The molecule has 2 unspecified atom stereocenters. The fraction of sp³-hybridized carbons (Fsp3) is 0.613. The van der Waals surface area contributed by atoms with Crippen molar-refractivity contribution in [1.29, 1.82) is 0 Å². The Bertz CT molecular complexity index is 1420. The zero-order chi connectivity index (χ0) is 34.7. The van der Waals surface area contributed by atoms with E-state index in [2.05, 4.69) is 51.3 Å². The lowest BCUT2D eigenvalue weighted by atomic mass is 9.98. The second kappa shape index (κ2) is 17.6. The normalized spacial score (nSPS) is 13.8. The van der Waals surface area contributed by atoms with Crippen LogP contribution < -0.4 is 14.9 Å². The topological polar surface area (TPSA) is 129 Å². The Labute approximate surface area is 271 Å². The third kappa shape index (κ3) is 11.8. The molecule has 15 heteroatoms. The summed E-state index contributed by atoms with van der Waals surface area (Å²) < 4.78 is 72.5. The zero-order valence-electron chi connectivity index (χ0n) is 28.0. The summed E-state index contributed by atoms with van der Waals surface area (Å²) in [5.74, 6) is -1.22. The lowest BCUT2D eigenvalue weighted by Crippen LogP contribution is -2.41. The number of carbonyl (C=O) groups excluding carboxylic acids is 1. The number of amides is 1. The summed E-state index contributed by atoms with van der Waals surface area (Å²) in [6.45, 7) is 12.1. The van der Waals surface area contributed by atoms with E-state index >= 15 is 0 Å². The number of alkyl halides is 3. The minimum atomic E-state index is -4.76. The van der Waals surface area contributed by atoms with Crippen LogP contribution in [-0.4, -0.2) is 87.6 Å². The van der Waals surface area contributed by atoms with Gasteiger partial charge in [0.1, 0.15) is 11.4 Å². The molecule has 2 aromatic rings. The summed E-state index contributed by atoms with van der Waals surface area (Å²) in [5, 5.41) is 5.69. The van der Waals surface area contributed by atoms with Gasteiger partial charge >= 0.3 is 6.18 Å². The number of hydrogen-bond acceptors (Lipinski definition) is 9. The van der Waals surface area contributed by atoms with Crippen LogP contribution in [0.3, 0.4) is 0 Å². The fourth-order valence-corrected chi connectivity index (χ4v) is 5.27. The van der Waals surface area contributed by atoms with Gasteiger partial charge < -0.3 is 15.4 Å². The Balaban J connectivity index is 2.21. The first-order chi connectivity index (χ1) is 21.5. The molecule has 258 valence electrons. The number of aryl methyl sites for hydroxylation is 1. The van der Waals surface area contributed by atoms with Gasteiger partial charge in [-0.25, -0.2) is 18.4 Å². The lowest BCUT2D eigenvalue weighted by Gasteiger charge is -2.26. The Morgan fingerprint density at radius 3 is 2.46 bits per heavy atom. The third-order valence-corrected chi connectivity index (χ3v) is 8.78. The number of anilines is 2. The number of nitrogens with one attached hydrogen (secondary N) is 2. The van der Waals surface area contributed by atoms with Gasteiger partial charge in [-0.05, 0) is 63.8 Å². The maximum atomic E-state index is 13.9. The molecule has 0 aliphatic carbocycles. The van der Waals surface area contributed by atoms with Crippen molar-refractivity contribution in [2.75, 3.05) is 49.7 Å².